The van der Waals surface area contributed by atoms with Crippen LogP contribution in [0, 0.1) is 10.1 Å². The summed E-state index contributed by atoms with van der Waals surface area (Å²) in [6.07, 6.45) is -0.158. The van der Waals surface area contributed by atoms with E-state index in [1.54, 1.807) is 19.9 Å². The normalized spacial score (nSPS) is 10.2. The molecule has 6 nitrogen and oxygen atoms in total. The van der Waals surface area contributed by atoms with Gasteiger partial charge in [0.25, 0.3) is 0 Å². The highest BCUT2D eigenvalue weighted by Gasteiger charge is 2.18. The molecule has 0 aliphatic carbocycles. The Balaban J connectivity index is 3.03. The number of ether oxygens (including phenoxy) is 2. The molecule has 0 heterocycles. The quantitative estimate of drug-likeness (QED) is 0.456. The molecule has 1 rings (SSSR count). The average molecular weight is 253 g/mol. The van der Waals surface area contributed by atoms with Crippen LogP contribution in [0.1, 0.15) is 19.4 Å². The van der Waals surface area contributed by atoms with Crippen LogP contribution in [0.3, 0.4) is 0 Å². The largest absolute Gasteiger partial charge is 0.484 e. The molecule has 0 bridgehead atoms. The van der Waals surface area contributed by atoms with Crippen LogP contribution in [0.15, 0.2) is 18.2 Å². The van der Waals surface area contributed by atoms with Crippen molar-refractivity contribution in [3.8, 4) is 5.75 Å². The molecule has 0 fully saturated rings. The third kappa shape index (κ3) is 3.73. The summed E-state index contributed by atoms with van der Waals surface area (Å²) < 4.78 is 9.84. The second kappa shape index (κ2) is 6.00. The van der Waals surface area contributed by atoms with Gasteiger partial charge in [0.2, 0.25) is 0 Å². The van der Waals surface area contributed by atoms with Gasteiger partial charge in [-0.2, -0.15) is 0 Å². The van der Waals surface area contributed by atoms with Crippen LogP contribution < -0.4 is 4.74 Å². The summed E-state index contributed by atoms with van der Waals surface area (Å²) in [5, 5.41) is 10.9. The van der Waals surface area contributed by atoms with Crippen LogP contribution in [0.2, 0.25) is 0 Å². The highest BCUT2D eigenvalue weighted by atomic mass is 16.6. The Kier molecular flexibility index (Phi) is 4.65. The molecule has 6 heteroatoms. The Morgan fingerprint density at radius 2 is 2.11 bits per heavy atom. The maximum absolute atomic E-state index is 11.1. The average Bonchev–Trinajstić information content (AvgIpc) is 2.30. The molecule has 0 saturated heterocycles. The lowest BCUT2D eigenvalue weighted by Gasteiger charge is -2.10. The van der Waals surface area contributed by atoms with Crippen molar-refractivity contribution in [2.24, 2.45) is 0 Å². The van der Waals surface area contributed by atoms with Gasteiger partial charge in [0.05, 0.1) is 24.6 Å². The fraction of sp³-hybridized carbons (Fsp3) is 0.417. The molecule has 0 saturated carbocycles. The van der Waals surface area contributed by atoms with Crippen LogP contribution >= 0.6 is 0 Å². The lowest BCUT2D eigenvalue weighted by atomic mass is 10.1. The third-order valence-corrected chi connectivity index (χ3v) is 2.16. The molecule has 1 aromatic rings. The summed E-state index contributed by atoms with van der Waals surface area (Å²) in [5.41, 5.74) is 0.370. The first-order chi connectivity index (χ1) is 8.43. The Labute approximate surface area is 105 Å². The Morgan fingerprint density at radius 3 is 2.61 bits per heavy atom. The third-order valence-electron chi connectivity index (χ3n) is 2.16. The molecule has 18 heavy (non-hydrogen) atoms. The van der Waals surface area contributed by atoms with Crippen molar-refractivity contribution in [2.45, 2.75) is 26.4 Å². The van der Waals surface area contributed by atoms with Gasteiger partial charge < -0.3 is 9.47 Å². The number of carbonyl (C=O) groups excluding carboxylic acids is 1. The molecule has 0 radical (unpaired) electrons. The molecule has 98 valence electrons. The SMILES string of the molecule is COC(=O)Cc1ccc(OC(C)C)c([N+](=O)[O-])c1. The summed E-state index contributed by atoms with van der Waals surface area (Å²) in [4.78, 5) is 21.5. The number of carbonyl (C=O) groups is 1. The van der Waals surface area contributed by atoms with E-state index < -0.39 is 10.9 Å². The predicted octanol–water partition coefficient (Wildman–Crippen LogP) is 2.10. The molecule has 0 aromatic heterocycles. The molecule has 0 aliphatic rings. The van der Waals surface area contributed by atoms with E-state index in [-0.39, 0.29) is 24.0 Å². The lowest BCUT2D eigenvalue weighted by molar-refractivity contribution is -0.386. The summed E-state index contributed by atoms with van der Waals surface area (Å²) >= 11 is 0. The van der Waals surface area contributed by atoms with Crippen LogP contribution in [-0.2, 0) is 16.0 Å². The smallest absolute Gasteiger partial charge is 0.311 e. The second-order valence-corrected chi connectivity index (χ2v) is 3.98. The van der Waals surface area contributed by atoms with Crippen molar-refractivity contribution >= 4 is 11.7 Å². The highest BCUT2D eigenvalue weighted by molar-refractivity contribution is 5.73. The van der Waals surface area contributed by atoms with Crippen molar-refractivity contribution in [1.29, 1.82) is 0 Å². The van der Waals surface area contributed by atoms with E-state index in [1.165, 1.54) is 19.2 Å². The minimum Gasteiger partial charge on any atom is -0.484 e. The van der Waals surface area contributed by atoms with Gasteiger partial charge in [0.1, 0.15) is 0 Å². The monoisotopic (exact) mass is 253 g/mol. The number of hydrogen-bond acceptors (Lipinski definition) is 5. The number of hydrogen-bond donors (Lipinski definition) is 0. The number of nitro groups is 1. The van der Waals surface area contributed by atoms with Gasteiger partial charge in [0, 0.05) is 6.07 Å². The van der Waals surface area contributed by atoms with Crippen molar-refractivity contribution in [1.82, 2.24) is 0 Å². The summed E-state index contributed by atoms with van der Waals surface area (Å²) in [6, 6.07) is 4.44. The molecule has 0 unspecified atom stereocenters. The van der Waals surface area contributed by atoms with Crippen molar-refractivity contribution in [2.75, 3.05) is 7.11 Å². The minimum atomic E-state index is -0.529. The lowest BCUT2D eigenvalue weighted by Crippen LogP contribution is -2.09. The standard InChI is InChI=1S/C12H15NO5/c1-8(2)18-11-5-4-9(7-12(14)17-3)6-10(11)13(15)16/h4-6,8H,7H2,1-3H3. The Hall–Kier alpha value is -2.11. The number of nitro benzene ring substituents is 1. The van der Waals surface area contributed by atoms with Crippen molar-refractivity contribution in [3.63, 3.8) is 0 Å². The predicted molar refractivity (Wildman–Crippen MR) is 64.6 cm³/mol. The zero-order valence-electron chi connectivity index (χ0n) is 10.5. The van der Waals surface area contributed by atoms with E-state index in [2.05, 4.69) is 4.74 Å². The zero-order chi connectivity index (χ0) is 13.7. The van der Waals surface area contributed by atoms with Gasteiger partial charge in [-0.3, -0.25) is 14.9 Å². The molecule has 0 atom stereocenters. The summed E-state index contributed by atoms with van der Waals surface area (Å²) in [6.45, 7) is 3.57. The Bertz CT molecular complexity index is 456. The first kappa shape index (κ1) is 14.0. The van der Waals surface area contributed by atoms with Crippen molar-refractivity contribution < 1.29 is 19.2 Å². The van der Waals surface area contributed by atoms with E-state index in [9.17, 15) is 14.9 Å². The second-order valence-electron chi connectivity index (χ2n) is 3.98. The van der Waals surface area contributed by atoms with Gasteiger partial charge in [0.15, 0.2) is 5.75 Å². The van der Waals surface area contributed by atoms with E-state index in [1.807, 2.05) is 0 Å². The topological polar surface area (TPSA) is 78.7 Å². The van der Waals surface area contributed by atoms with E-state index in [4.69, 9.17) is 4.74 Å². The molecule has 0 spiro atoms. The molecule has 0 N–H and O–H groups in total. The maximum Gasteiger partial charge on any atom is 0.311 e. The summed E-state index contributed by atoms with van der Waals surface area (Å²) in [5.74, 6) is -0.245. The van der Waals surface area contributed by atoms with E-state index in [0.29, 0.717) is 5.56 Å². The van der Waals surface area contributed by atoms with Gasteiger partial charge in [-0.15, -0.1) is 0 Å². The fourth-order valence-electron chi connectivity index (χ4n) is 1.41. The zero-order valence-corrected chi connectivity index (χ0v) is 10.5. The highest BCUT2D eigenvalue weighted by Crippen LogP contribution is 2.29. The number of benzene rings is 1. The number of methoxy groups -OCH3 is 1. The number of esters is 1. The van der Waals surface area contributed by atoms with Gasteiger partial charge >= 0.3 is 11.7 Å². The molecular weight excluding hydrogens is 238 g/mol. The number of rotatable bonds is 5. The van der Waals surface area contributed by atoms with E-state index in [0.717, 1.165) is 0 Å². The van der Waals surface area contributed by atoms with Gasteiger partial charge in [-0.25, -0.2) is 0 Å². The molecule has 0 aliphatic heterocycles. The van der Waals surface area contributed by atoms with Crippen molar-refractivity contribution in [3.05, 3.63) is 33.9 Å². The summed E-state index contributed by atoms with van der Waals surface area (Å²) in [7, 11) is 1.27. The van der Waals surface area contributed by atoms with Crippen LogP contribution in [-0.4, -0.2) is 24.1 Å². The number of nitrogens with zero attached hydrogens (tertiary/aromatic N) is 1. The van der Waals surface area contributed by atoms with Crippen LogP contribution in [0.4, 0.5) is 5.69 Å². The molecular formula is C12H15NO5. The van der Waals surface area contributed by atoms with Gasteiger partial charge in [-0.05, 0) is 25.5 Å². The van der Waals surface area contributed by atoms with Crippen LogP contribution in [0.25, 0.3) is 0 Å². The van der Waals surface area contributed by atoms with E-state index >= 15 is 0 Å². The minimum absolute atomic E-state index is 0.000696. The maximum atomic E-state index is 11.1. The van der Waals surface area contributed by atoms with Gasteiger partial charge in [-0.1, -0.05) is 6.07 Å². The van der Waals surface area contributed by atoms with Crippen LogP contribution in [0.5, 0.6) is 5.75 Å². The fourth-order valence-corrected chi connectivity index (χ4v) is 1.41. The molecule has 0 amide bonds. The Morgan fingerprint density at radius 1 is 1.44 bits per heavy atom. The first-order valence-corrected chi connectivity index (χ1v) is 5.44. The first-order valence-electron chi connectivity index (χ1n) is 5.44. The molecule has 1 aromatic carbocycles.